The molecule has 0 spiro atoms. The Morgan fingerprint density at radius 2 is 1.50 bits per heavy atom. The second kappa shape index (κ2) is 11.0. The molecule has 2 heteroatoms. The monoisotopic (exact) mass is 202 g/mol. The number of hydrogen-bond acceptors (Lipinski definition) is 2. The van der Waals surface area contributed by atoms with Crippen LogP contribution in [-0.4, -0.2) is 50.1 Å². The van der Waals surface area contributed by atoms with Crippen LogP contribution < -0.4 is 0 Å². The van der Waals surface area contributed by atoms with Crippen molar-refractivity contribution in [2.24, 2.45) is 0 Å². The van der Waals surface area contributed by atoms with E-state index in [2.05, 4.69) is 44.8 Å². The van der Waals surface area contributed by atoms with Gasteiger partial charge < -0.3 is 9.80 Å². The predicted octanol–water partition coefficient (Wildman–Crippen LogP) is 2.69. The summed E-state index contributed by atoms with van der Waals surface area (Å²) in [5.74, 6) is 0. The molecule has 0 heterocycles. The highest BCUT2D eigenvalue weighted by molar-refractivity contribution is 4.63. The van der Waals surface area contributed by atoms with Crippen LogP contribution in [0.4, 0.5) is 0 Å². The Bertz CT molecular complexity index is 102. The Morgan fingerprint density at radius 3 is 1.86 bits per heavy atom. The van der Waals surface area contributed by atoms with E-state index in [4.69, 9.17) is 0 Å². The van der Waals surface area contributed by atoms with Crippen molar-refractivity contribution >= 4 is 0 Å². The zero-order chi connectivity index (χ0) is 11.6. The summed E-state index contributed by atoms with van der Waals surface area (Å²) in [7, 11) is 6.48. The van der Waals surface area contributed by atoms with E-state index in [1.54, 1.807) is 0 Å². The van der Waals surface area contributed by atoms with Crippen LogP contribution in [0.1, 0.15) is 40.5 Å². The molecular formula is C12H30N2. The first kappa shape index (κ1) is 16.4. The molecule has 14 heavy (non-hydrogen) atoms. The van der Waals surface area contributed by atoms with Crippen LogP contribution in [0, 0.1) is 0 Å². The van der Waals surface area contributed by atoms with E-state index in [0.29, 0.717) is 6.04 Å². The summed E-state index contributed by atoms with van der Waals surface area (Å²) in [6.45, 7) is 10.9. The zero-order valence-electron chi connectivity index (χ0n) is 11.3. The van der Waals surface area contributed by atoms with Crippen LogP contribution in [-0.2, 0) is 0 Å². The molecule has 1 unspecified atom stereocenters. The van der Waals surface area contributed by atoms with Gasteiger partial charge in [0.15, 0.2) is 0 Å². The molecule has 1 atom stereocenters. The molecule has 0 amide bonds. The molecule has 0 saturated carbocycles. The maximum Gasteiger partial charge on any atom is 0.00760 e. The largest absolute Gasteiger partial charge is 0.309 e. The third-order valence-corrected chi connectivity index (χ3v) is 2.32. The smallest absolute Gasteiger partial charge is 0.00760 e. The molecule has 0 aromatic carbocycles. The van der Waals surface area contributed by atoms with Gasteiger partial charge in [-0.25, -0.2) is 0 Å². The van der Waals surface area contributed by atoms with Crippen molar-refractivity contribution in [3.8, 4) is 0 Å². The summed E-state index contributed by atoms with van der Waals surface area (Å²) in [4.78, 5) is 4.68. The molecular weight excluding hydrogens is 172 g/mol. The van der Waals surface area contributed by atoms with Gasteiger partial charge in [-0.05, 0) is 54.0 Å². The average molecular weight is 202 g/mol. The fraction of sp³-hybridized carbons (Fsp3) is 1.00. The van der Waals surface area contributed by atoms with Crippen molar-refractivity contribution < 1.29 is 0 Å². The minimum Gasteiger partial charge on any atom is -0.309 e. The number of hydrogen-bond donors (Lipinski definition) is 0. The average Bonchev–Trinajstić information content (AvgIpc) is 2.17. The first-order valence-corrected chi connectivity index (χ1v) is 5.93. The van der Waals surface area contributed by atoms with Gasteiger partial charge in [-0.2, -0.15) is 0 Å². The van der Waals surface area contributed by atoms with Crippen molar-refractivity contribution in [2.75, 3.05) is 34.2 Å². The summed E-state index contributed by atoms with van der Waals surface area (Å²) in [6.07, 6.45) is 2.52. The molecule has 0 bridgehead atoms. The second-order valence-electron chi connectivity index (χ2n) is 3.92. The fourth-order valence-corrected chi connectivity index (χ4v) is 1.24. The van der Waals surface area contributed by atoms with Gasteiger partial charge in [0.1, 0.15) is 0 Å². The third kappa shape index (κ3) is 10.0. The van der Waals surface area contributed by atoms with Crippen LogP contribution in [0.15, 0.2) is 0 Å². The van der Waals surface area contributed by atoms with Gasteiger partial charge in [0.05, 0.1) is 0 Å². The van der Waals surface area contributed by atoms with Gasteiger partial charge in [-0.15, -0.1) is 0 Å². The molecule has 0 rings (SSSR count). The lowest BCUT2D eigenvalue weighted by Crippen LogP contribution is -2.32. The lowest BCUT2D eigenvalue weighted by molar-refractivity contribution is 0.228. The summed E-state index contributed by atoms with van der Waals surface area (Å²) >= 11 is 0. The van der Waals surface area contributed by atoms with Crippen LogP contribution in [0.2, 0.25) is 0 Å². The van der Waals surface area contributed by atoms with E-state index < -0.39 is 0 Å². The van der Waals surface area contributed by atoms with Crippen LogP contribution in [0.3, 0.4) is 0 Å². The maximum absolute atomic E-state index is 2.43. The Balaban J connectivity index is 0. The minimum absolute atomic E-state index is 0.715. The SMILES string of the molecule is CC.CCCN(C)C(C)CCN(C)C. The van der Waals surface area contributed by atoms with Gasteiger partial charge in [0.25, 0.3) is 0 Å². The topological polar surface area (TPSA) is 6.48 Å². The van der Waals surface area contributed by atoms with E-state index in [1.165, 1.54) is 25.9 Å². The fourth-order valence-electron chi connectivity index (χ4n) is 1.24. The predicted molar refractivity (Wildman–Crippen MR) is 66.9 cm³/mol. The number of nitrogens with zero attached hydrogens (tertiary/aromatic N) is 2. The zero-order valence-corrected chi connectivity index (χ0v) is 11.3. The Hall–Kier alpha value is -0.0800. The van der Waals surface area contributed by atoms with Gasteiger partial charge in [-0.3, -0.25) is 0 Å². The highest BCUT2D eigenvalue weighted by Gasteiger charge is 2.07. The standard InChI is InChI=1S/C10H24N2.C2H6/c1-6-8-12(5)10(2)7-9-11(3)4;1-2/h10H,6-9H2,1-5H3;1-2H3. The van der Waals surface area contributed by atoms with Crippen LogP contribution in [0.5, 0.6) is 0 Å². The summed E-state index contributed by atoms with van der Waals surface area (Å²) in [5, 5.41) is 0. The highest BCUT2D eigenvalue weighted by atomic mass is 15.1. The van der Waals surface area contributed by atoms with E-state index in [0.717, 1.165) is 0 Å². The van der Waals surface area contributed by atoms with Gasteiger partial charge in [0, 0.05) is 6.04 Å². The lowest BCUT2D eigenvalue weighted by Gasteiger charge is -2.25. The minimum atomic E-state index is 0.715. The van der Waals surface area contributed by atoms with E-state index in [1.807, 2.05) is 13.8 Å². The van der Waals surface area contributed by atoms with Crippen molar-refractivity contribution in [1.82, 2.24) is 9.80 Å². The van der Waals surface area contributed by atoms with Crippen LogP contribution >= 0.6 is 0 Å². The van der Waals surface area contributed by atoms with E-state index >= 15 is 0 Å². The second-order valence-corrected chi connectivity index (χ2v) is 3.92. The quantitative estimate of drug-likeness (QED) is 0.653. The van der Waals surface area contributed by atoms with Crippen molar-refractivity contribution in [2.45, 2.75) is 46.6 Å². The lowest BCUT2D eigenvalue weighted by atomic mass is 10.2. The van der Waals surface area contributed by atoms with Crippen molar-refractivity contribution in [3.05, 3.63) is 0 Å². The third-order valence-electron chi connectivity index (χ3n) is 2.32. The van der Waals surface area contributed by atoms with Crippen LogP contribution in [0.25, 0.3) is 0 Å². The van der Waals surface area contributed by atoms with E-state index in [9.17, 15) is 0 Å². The molecule has 2 nitrogen and oxygen atoms in total. The highest BCUT2D eigenvalue weighted by Crippen LogP contribution is 2.01. The van der Waals surface area contributed by atoms with E-state index in [-0.39, 0.29) is 0 Å². The first-order chi connectivity index (χ1) is 6.57. The Kier molecular flexibility index (Phi) is 12.8. The molecule has 0 radical (unpaired) electrons. The Morgan fingerprint density at radius 1 is 1.00 bits per heavy atom. The summed E-state index contributed by atoms with van der Waals surface area (Å²) in [6, 6.07) is 0.715. The van der Waals surface area contributed by atoms with Crippen molar-refractivity contribution in [1.29, 1.82) is 0 Å². The molecule has 0 saturated heterocycles. The Labute approximate surface area is 91.3 Å². The van der Waals surface area contributed by atoms with Gasteiger partial charge >= 0.3 is 0 Å². The normalized spacial score (nSPS) is 12.6. The summed E-state index contributed by atoms with van der Waals surface area (Å²) in [5.41, 5.74) is 0. The molecule has 0 aliphatic rings. The molecule has 88 valence electrons. The first-order valence-electron chi connectivity index (χ1n) is 5.93. The maximum atomic E-state index is 2.43. The van der Waals surface area contributed by atoms with Crippen molar-refractivity contribution in [3.63, 3.8) is 0 Å². The van der Waals surface area contributed by atoms with Gasteiger partial charge in [-0.1, -0.05) is 20.8 Å². The van der Waals surface area contributed by atoms with Gasteiger partial charge in [0.2, 0.25) is 0 Å². The number of rotatable bonds is 6. The molecule has 0 aliphatic heterocycles. The molecule has 0 fully saturated rings. The molecule has 0 aromatic heterocycles. The summed E-state index contributed by atoms with van der Waals surface area (Å²) < 4.78 is 0. The molecule has 0 aliphatic carbocycles. The molecule has 0 N–H and O–H groups in total. The molecule has 0 aromatic rings.